The van der Waals surface area contributed by atoms with Crippen LogP contribution in [0.15, 0.2) is 28.7 Å². The van der Waals surface area contributed by atoms with E-state index in [1.807, 2.05) is 12.1 Å². The SMILES string of the molecule is Cc1nc(-c2ccc(Br)cc2)sc1C1(CO)CCC1. The van der Waals surface area contributed by atoms with Crippen molar-refractivity contribution in [3.8, 4) is 10.6 Å². The number of benzene rings is 1. The molecule has 1 aromatic carbocycles. The van der Waals surface area contributed by atoms with E-state index in [0.29, 0.717) is 0 Å². The molecule has 1 N–H and O–H groups in total. The molecule has 0 spiro atoms. The van der Waals surface area contributed by atoms with Gasteiger partial charge in [-0.3, -0.25) is 0 Å². The van der Waals surface area contributed by atoms with Crippen LogP contribution in [0.1, 0.15) is 29.8 Å². The average Bonchev–Trinajstić information content (AvgIpc) is 2.73. The van der Waals surface area contributed by atoms with Crippen molar-refractivity contribution in [3.05, 3.63) is 39.3 Å². The smallest absolute Gasteiger partial charge is 0.123 e. The minimum Gasteiger partial charge on any atom is -0.395 e. The van der Waals surface area contributed by atoms with Gasteiger partial charge in [-0.1, -0.05) is 34.5 Å². The van der Waals surface area contributed by atoms with Crippen molar-refractivity contribution in [2.24, 2.45) is 0 Å². The van der Waals surface area contributed by atoms with E-state index in [2.05, 4.69) is 35.0 Å². The summed E-state index contributed by atoms with van der Waals surface area (Å²) in [7, 11) is 0. The van der Waals surface area contributed by atoms with Crippen LogP contribution in [0.25, 0.3) is 10.6 Å². The van der Waals surface area contributed by atoms with Gasteiger partial charge in [0.15, 0.2) is 0 Å². The van der Waals surface area contributed by atoms with Crippen LogP contribution >= 0.6 is 27.3 Å². The number of hydrogen-bond donors (Lipinski definition) is 1. The molecule has 100 valence electrons. The number of thiazole rings is 1. The number of aromatic nitrogens is 1. The largest absolute Gasteiger partial charge is 0.395 e. The molecule has 0 amide bonds. The summed E-state index contributed by atoms with van der Waals surface area (Å²) in [5.74, 6) is 0. The van der Waals surface area contributed by atoms with Crippen LogP contribution in [0, 0.1) is 6.92 Å². The molecule has 4 heteroatoms. The van der Waals surface area contributed by atoms with E-state index in [9.17, 15) is 5.11 Å². The second kappa shape index (κ2) is 5.00. The Morgan fingerprint density at radius 3 is 2.53 bits per heavy atom. The summed E-state index contributed by atoms with van der Waals surface area (Å²) in [5, 5.41) is 10.8. The lowest BCUT2D eigenvalue weighted by molar-refractivity contribution is 0.122. The molecule has 1 aliphatic carbocycles. The molecular weight excluding hydrogens is 322 g/mol. The number of aliphatic hydroxyl groups is 1. The van der Waals surface area contributed by atoms with E-state index in [4.69, 9.17) is 4.98 Å². The lowest BCUT2D eigenvalue weighted by Gasteiger charge is -2.39. The molecule has 19 heavy (non-hydrogen) atoms. The molecule has 0 bridgehead atoms. The fourth-order valence-electron chi connectivity index (χ4n) is 2.66. The summed E-state index contributed by atoms with van der Waals surface area (Å²) in [4.78, 5) is 5.98. The number of hydrogen-bond acceptors (Lipinski definition) is 3. The fourth-order valence-corrected chi connectivity index (χ4v) is 4.24. The Hall–Kier alpha value is -0.710. The fraction of sp³-hybridized carbons (Fsp3) is 0.400. The second-order valence-electron chi connectivity index (χ2n) is 5.23. The molecule has 3 rings (SSSR count). The zero-order chi connectivity index (χ0) is 13.5. The monoisotopic (exact) mass is 337 g/mol. The number of halogens is 1. The van der Waals surface area contributed by atoms with Gasteiger partial charge in [0.05, 0.1) is 12.3 Å². The third kappa shape index (κ3) is 2.26. The van der Waals surface area contributed by atoms with Gasteiger partial charge in [0.25, 0.3) is 0 Å². The maximum atomic E-state index is 9.70. The molecule has 0 saturated heterocycles. The van der Waals surface area contributed by atoms with Crippen LogP contribution in [-0.4, -0.2) is 16.7 Å². The third-order valence-corrected chi connectivity index (χ3v) is 5.96. The van der Waals surface area contributed by atoms with E-state index in [-0.39, 0.29) is 12.0 Å². The standard InChI is InChI=1S/C15H16BrNOS/c1-10-13(15(9-18)7-2-8-15)19-14(17-10)11-3-5-12(16)6-4-11/h3-6,18H,2,7-9H2,1H3. The molecular formula is C15H16BrNOS. The molecule has 0 radical (unpaired) electrons. The van der Waals surface area contributed by atoms with Crippen LogP contribution in [0.5, 0.6) is 0 Å². The van der Waals surface area contributed by atoms with Gasteiger partial charge >= 0.3 is 0 Å². The molecule has 1 heterocycles. The highest BCUT2D eigenvalue weighted by molar-refractivity contribution is 9.10. The summed E-state index contributed by atoms with van der Waals surface area (Å²) < 4.78 is 1.08. The van der Waals surface area contributed by atoms with Crippen molar-refractivity contribution in [2.75, 3.05) is 6.61 Å². The maximum Gasteiger partial charge on any atom is 0.123 e. The number of aryl methyl sites for hydroxylation is 1. The van der Waals surface area contributed by atoms with Crippen molar-refractivity contribution in [2.45, 2.75) is 31.6 Å². The van der Waals surface area contributed by atoms with Crippen molar-refractivity contribution in [1.29, 1.82) is 0 Å². The summed E-state index contributed by atoms with van der Waals surface area (Å²) in [6.07, 6.45) is 3.39. The molecule has 1 saturated carbocycles. The Labute approximate surface area is 125 Å². The van der Waals surface area contributed by atoms with Gasteiger partial charge in [-0.05, 0) is 31.9 Å². The Morgan fingerprint density at radius 2 is 2.00 bits per heavy atom. The van der Waals surface area contributed by atoms with Crippen LogP contribution in [0.4, 0.5) is 0 Å². The number of aliphatic hydroxyl groups excluding tert-OH is 1. The summed E-state index contributed by atoms with van der Waals surface area (Å²) in [6, 6.07) is 8.24. The van der Waals surface area contributed by atoms with Crippen molar-refractivity contribution < 1.29 is 5.11 Å². The highest BCUT2D eigenvalue weighted by Crippen LogP contribution is 2.48. The first-order chi connectivity index (χ1) is 9.14. The van der Waals surface area contributed by atoms with Gasteiger partial charge in [0.1, 0.15) is 5.01 Å². The average molecular weight is 338 g/mol. The van der Waals surface area contributed by atoms with E-state index >= 15 is 0 Å². The predicted octanol–water partition coefficient (Wildman–Crippen LogP) is 4.30. The van der Waals surface area contributed by atoms with Crippen molar-refractivity contribution in [1.82, 2.24) is 4.98 Å². The second-order valence-corrected chi connectivity index (χ2v) is 7.15. The summed E-state index contributed by atoms with van der Waals surface area (Å²) in [6.45, 7) is 2.31. The zero-order valence-corrected chi connectivity index (χ0v) is 13.2. The van der Waals surface area contributed by atoms with E-state index in [1.54, 1.807) is 11.3 Å². The van der Waals surface area contributed by atoms with Gasteiger partial charge in [0, 0.05) is 20.3 Å². The molecule has 0 aliphatic heterocycles. The topological polar surface area (TPSA) is 33.1 Å². The van der Waals surface area contributed by atoms with Gasteiger partial charge in [-0.15, -0.1) is 11.3 Å². The maximum absolute atomic E-state index is 9.70. The van der Waals surface area contributed by atoms with Gasteiger partial charge in [0.2, 0.25) is 0 Å². The molecule has 2 nitrogen and oxygen atoms in total. The minimum atomic E-state index is -0.00460. The highest BCUT2D eigenvalue weighted by Gasteiger charge is 2.41. The van der Waals surface area contributed by atoms with Gasteiger partial charge in [-0.2, -0.15) is 0 Å². The molecule has 2 aromatic rings. The third-order valence-electron chi connectivity index (χ3n) is 3.98. The first-order valence-electron chi connectivity index (χ1n) is 6.49. The minimum absolute atomic E-state index is 0.00460. The van der Waals surface area contributed by atoms with Crippen molar-refractivity contribution >= 4 is 27.3 Å². The van der Waals surface area contributed by atoms with E-state index in [1.165, 1.54) is 11.3 Å². The first-order valence-corrected chi connectivity index (χ1v) is 8.10. The molecule has 0 atom stereocenters. The zero-order valence-electron chi connectivity index (χ0n) is 10.8. The quantitative estimate of drug-likeness (QED) is 0.905. The Balaban J connectivity index is 1.99. The van der Waals surface area contributed by atoms with Gasteiger partial charge < -0.3 is 5.11 Å². The predicted molar refractivity (Wildman–Crippen MR) is 82.6 cm³/mol. The summed E-state index contributed by atoms with van der Waals surface area (Å²) in [5.41, 5.74) is 2.22. The molecule has 1 aliphatic rings. The molecule has 0 unspecified atom stereocenters. The highest BCUT2D eigenvalue weighted by atomic mass is 79.9. The normalized spacial score (nSPS) is 17.2. The number of rotatable bonds is 3. The Bertz CT molecular complexity index is 581. The Morgan fingerprint density at radius 1 is 1.32 bits per heavy atom. The van der Waals surface area contributed by atoms with Crippen LogP contribution in [0.2, 0.25) is 0 Å². The lowest BCUT2D eigenvalue weighted by Crippen LogP contribution is -2.37. The molecule has 1 fully saturated rings. The van der Waals surface area contributed by atoms with E-state index < -0.39 is 0 Å². The molecule has 1 aromatic heterocycles. The summed E-state index contributed by atoms with van der Waals surface area (Å²) >= 11 is 5.19. The number of nitrogens with zero attached hydrogens (tertiary/aromatic N) is 1. The first kappa shape index (κ1) is 13.3. The van der Waals surface area contributed by atoms with E-state index in [0.717, 1.165) is 33.6 Å². The van der Waals surface area contributed by atoms with Crippen LogP contribution in [-0.2, 0) is 5.41 Å². The lowest BCUT2D eigenvalue weighted by atomic mass is 9.68. The van der Waals surface area contributed by atoms with Crippen LogP contribution in [0.3, 0.4) is 0 Å². The van der Waals surface area contributed by atoms with Gasteiger partial charge in [-0.25, -0.2) is 4.98 Å². The Kier molecular flexibility index (Phi) is 3.50. The van der Waals surface area contributed by atoms with Crippen molar-refractivity contribution in [3.63, 3.8) is 0 Å². The van der Waals surface area contributed by atoms with Crippen LogP contribution < -0.4 is 0 Å².